The lowest BCUT2D eigenvalue weighted by molar-refractivity contribution is 0.102. The maximum Gasteiger partial charge on any atom is 0.257 e. The van der Waals surface area contributed by atoms with Crippen LogP contribution in [0, 0.1) is 0 Å². The average Bonchev–Trinajstić information content (AvgIpc) is 3.28. The lowest BCUT2D eigenvalue weighted by atomic mass is 10.2. The van der Waals surface area contributed by atoms with Gasteiger partial charge in [-0.2, -0.15) is 0 Å². The molecule has 2 aromatic heterocycles. The fourth-order valence-corrected chi connectivity index (χ4v) is 3.17. The van der Waals surface area contributed by atoms with Crippen molar-refractivity contribution in [1.82, 2.24) is 4.98 Å². The molecule has 5 nitrogen and oxygen atoms in total. The second-order valence-corrected chi connectivity index (χ2v) is 6.23. The zero-order chi connectivity index (χ0) is 17.2. The fraction of sp³-hybridized carbons (Fsp3) is 0.0526. The number of thiazole rings is 1. The van der Waals surface area contributed by atoms with Gasteiger partial charge >= 0.3 is 0 Å². The van der Waals surface area contributed by atoms with Gasteiger partial charge in [0.05, 0.1) is 7.11 Å². The van der Waals surface area contributed by atoms with Crippen molar-refractivity contribution in [2.24, 2.45) is 0 Å². The Bertz CT molecular complexity index is 1040. The van der Waals surface area contributed by atoms with Crippen LogP contribution in [0.15, 0.2) is 64.4 Å². The van der Waals surface area contributed by atoms with Crippen molar-refractivity contribution >= 4 is 33.3 Å². The summed E-state index contributed by atoms with van der Waals surface area (Å²) in [6.07, 6.45) is 0. The summed E-state index contributed by atoms with van der Waals surface area (Å²) in [5, 5.41) is 6.14. The molecule has 0 saturated carbocycles. The van der Waals surface area contributed by atoms with Crippen molar-refractivity contribution in [1.29, 1.82) is 0 Å². The summed E-state index contributed by atoms with van der Waals surface area (Å²) >= 11 is 1.36. The molecule has 0 bridgehead atoms. The number of nitrogens with zero attached hydrogens (tertiary/aromatic N) is 1. The normalized spacial score (nSPS) is 10.8. The minimum atomic E-state index is -0.184. The Morgan fingerprint density at radius 2 is 2.00 bits per heavy atom. The molecule has 1 N–H and O–H groups in total. The highest BCUT2D eigenvalue weighted by molar-refractivity contribution is 7.14. The van der Waals surface area contributed by atoms with Crippen LogP contribution >= 0.6 is 11.3 Å². The first-order chi connectivity index (χ1) is 12.2. The molecular weight excluding hydrogens is 336 g/mol. The third-order valence-corrected chi connectivity index (χ3v) is 4.49. The summed E-state index contributed by atoms with van der Waals surface area (Å²) in [6.45, 7) is 0. The molecule has 0 aliphatic rings. The molecule has 1 amide bonds. The highest BCUT2D eigenvalue weighted by Gasteiger charge is 2.13. The fourth-order valence-electron chi connectivity index (χ4n) is 2.48. The van der Waals surface area contributed by atoms with Crippen molar-refractivity contribution in [2.75, 3.05) is 12.4 Å². The Labute approximate surface area is 147 Å². The minimum Gasteiger partial charge on any atom is -0.497 e. The molecule has 0 saturated heterocycles. The summed E-state index contributed by atoms with van der Waals surface area (Å²) < 4.78 is 11.1. The van der Waals surface area contributed by atoms with Gasteiger partial charge in [0.15, 0.2) is 10.9 Å². The summed E-state index contributed by atoms with van der Waals surface area (Å²) in [6, 6.07) is 16.6. The highest BCUT2D eigenvalue weighted by atomic mass is 32.1. The molecule has 0 spiro atoms. The number of nitrogens with one attached hydrogen (secondary N) is 1. The summed E-state index contributed by atoms with van der Waals surface area (Å²) in [7, 11) is 1.63. The van der Waals surface area contributed by atoms with Crippen LogP contribution in [-0.2, 0) is 0 Å². The van der Waals surface area contributed by atoms with Crippen LogP contribution in [0.4, 0.5) is 5.13 Å². The van der Waals surface area contributed by atoms with Gasteiger partial charge in [-0.15, -0.1) is 11.3 Å². The van der Waals surface area contributed by atoms with Crippen molar-refractivity contribution in [3.05, 3.63) is 65.5 Å². The number of carbonyl (C=O) groups excluding carboxylic acids is 1. The maximum atomic E-state index is 12.2. The number of carbonyl (C=O) groups is 1. The quantitative estimate of drug-likeness (QED) is 0.573. The molecule has 0 atom stereocenters. The lowest BCUT2D eigenvalue weighted by Gasteiger charge is -2.00. The zero-order valence-corrected chi connectivity index (χ0v) is 14.2. The molecule has 0 aliphatic carbocycles. The van der Waals surface area contributed by atoms with Gasteiger partial charge in [0, 0.05) is 16.3 Å². The first-order valence-corrected chi connectivity index (χ1v) is 8.51. The van der Waals surface area contributed by atoms with E-state index in [0.29, 0.717) is 22.1 Å². The third kappa shape index (κ3) is 3.12. The van der Waals surface area contributed by atoms with Gasteiger partial charge in [-0.1, -0.05) is 18.2 Å². The number of amides is 1. The molecule has 0 fully saturated rings. The number of ether oxygens (including phenoxy) is 1. The Balaban J connectivity index is 1.57. The topological polar surface area (TPSA) is 64.4 Å². The highest BCUT2D eigenvalue weighted by Crippen LogP contribution is 2.32. The van der Waals surface area contributed by atoms with E-state index >= 15 is 0 Å². The van der Waals surface area contributed by atoms with E-state index in [1.54, 1.807) is 19.2 Å². The Hall–Kier alpha value is -3.12. The standard InChI is InChI=1S/C19H14N2O3S/c1-23-14-7-8-16-13(9-14)10-17(24-16)15-11-25-19(20-15)21-18(22)12-5-3-2-4-6-12/h2-11H,1H3,(H,20,21,22). The Kier molecular flexibility index (Phi) is 3.95. The van der Waals surface area contributed by atoms with Crippen LogP contribution in [0.3, 0.4) is 0 Å². The van der Waals surface area contributed by atoms with Crippen molar-refractivity contribution in [3.63, 3.8) is 0 Å². The maximum absolute atomic E-state index is 12.2. The van der Waals surface area contributed by atoms with Crippen LogP contribution in [0.5, 0.6) is 5.75 Å². The molecule has 0 unspecified atom stereocenters. The second kappa shape index (κ2) is 6.41. The number of methoxy groups -OCH3 is 1. The monoisotopic (exact) mass is 350 g/mol. The van der Waals surface area contributed by atoms with E-state index in [1.807, 2.05) is 47.8 Å². The number of fused-ring (bicyclic) bond motifs is 1. The van der Waals surface area contributed by atoms with E-state index in [-0.39, 0.29) is 5.91 Å². The van der Waals surface area contributed by atoms with E-state index in [1.165, 1.54) is 11.3 Å². The molecule has 4 aromatic rings. The zero-order valence-electron chi connectivity index (χ0n) is 13.4. The van der Waals surface area contributed by atoms with Crippen LogP contribution < -0.4 is 10.1 Å². The van der Waals surface area contributed by atoms with Crippen molar-refractivity contribution in [2.45, 2.75) is 0 Å². The van der Waals surface area contributed by atoms with Gasteiger partial charge in [-0.3, -0.25) is 10.1 Å². The predicted molar refractivity (Wildman–Crippen MR) is 98.3 cm³/mol. The third-order valence-electron chi connectivity index (χ3n) is 3.74. The molecule has 6 heteroatoms. The molecular formula is C19H14N2O3S. The summed E-state index contributed by atoms with van der Waals surface area (Å²) in [5.41, 5.74) is 2.04. The number of rotatable bonds is 4. The molecule has 0 aliphatic heterocycles. The first kappa shape index (κ1) is 15.4. The Morgan fingerprint density at radius 1 is 1.16 bits per heavy atom. The lowest BCUT2D eigenvalue weighted by Crippen LogP contribution is -2.11. The van der Waals surface area contributed by atoms with Crippen LogP contribution in [0.2, 0.25) is 0 Å². The SMILES string of the molecule is COc1ccc2oc(-c3csc(NC(=O)c4ccccc4)n3)cc2c1. The Morgan fingerprint density at radius 3 is 2.80 bits per heavy atom. The van der Waals surface area contributed by atoms with Crippen LogP contribution in [0.25, 0.3) is 22.4 Å². The first-order valence-electron chi connectivity index (χ1n) is 7.63. The van der Waals surface area contributed by atoms with Gasteiger partial charge in [-0.25, -0.2) is 4.98 Å². The molecule has 2 heterocycles. The molecule has 0 radical (unpaired) electrons. The second-order valence-electron chi connectivity index (χ2n) is 5.37. The van der Waals surface area contributed by atoms with Crippen LogP contribution in [0.1, 0.15) is 10.4 Å². The largest absolute Gasteiger partial charge is 0.497 e. The van der Waals surface area contributed by atoms with Crippen LogP contribution in [-0.4, -0.2) is 18.0 Å². The van der Waals surface area contributed by atoms with E-state index in [4.69, 9.17) is 9.15 Å². The number of aromatic nitrogens is 1. The molecule has 124 valence electrons. The molecule has 2 aromatic carbocycles. The van der Waals surface area contributed by atoms with Gasteiger partial charge < -0.3 is 9.15 Å². The van der Waals surface area contributed by atoms with Gasteiger partial charge in [0.2, 0.25) is 0 Å². The summed E-state index contributed by atoms with van der Waals surface area (Å²) in [4.78, 5) is 16.6. The number of hydrogen-bond acceptors (Lipinski definition) is 5. The smallest absolute Gasteiger partial charge is 0.257 e. The average molecular weight is 350 g/mol. The molecule has 25 heavy (non-hydrogen) atoms. The number of furan rings is 1. The summed E-state index contributed by atoms with van der Waals surface area (Å²) in [5.74, 6) is 1.24. The minimum absolute atomic E-state index is 0.184. The number of hydrogen-bond donors (Lipinski definition) is 1. The molecule has 4 rings (SSSR count). The van der Waals surface area contributed by atoms with E-state index in [9.17, 15) is 4.79 Å². The van der Waals surface area contributed by atoms with Crippen molar-refractivity contribution in [3.8, 4) is 17.2 Å². The number of anilines is 1. The predicted octanol–water partition coefficient (Wildman–Crippen LogP) is 4.82. The number of benzene rings is 2. The van der Waals surface area contributed by atoms with E-state index in [0.717, 1.165) is 16.7 Å². The van der Waals surface area contributed by atoms with Gasteiger partial charge in [0.1, 0.15) is 17.0 Å². The van der Waals surface area contributed by atoms with E-state index < -0.39 is 0 Å². The van der Waals surface area contributed by atoms with Crippen molar-refractivity contribution < 1.29 is 13.9 Å². The van der Waals surface area contributed by atoms with Gasteiger partial charge in [-0.05, 0) is 36.4 Å². The van der Waals surface area contributed by atoms with Gasteiger partial charge in [0.25, 0.3) is 5.91 Å². The van der Waals surface area contributed by atoms with E-state index in [2.05, 4.69) is 10.3 Å².